The van der Waals surface area contributed by atoms with Gasteiger partial charge < -0.3 is 33.2 Å². The fourth-order valence-corrected chi connectivity index (χ4v) is 7.89. The minimum atomic E-state index is -1.53. The van der Waals surface area contributed by atoms with Crippen LogP contribution in [0.3, 0.4) is 0 Å². The SMILES string of the molecule is CCCC(=O)O[C@H]1C[C@H](OC(C)=O)[C@@]2(C)[C@H]([C@H]1C)[C@H](OC(C)=O)[C@]13O[C@@]1(C)C(=O)O[C@H]3/C=C(/C)C[C@H](OC(C)=O)[C@@H]2OC(C)=O. The van der Waals surface area contributed by atoms with Gasteiger partial charge in [0, 0.05) is 58.8 Å². The van der Waals surface area contributed by atoms with E-state index in [-0.39, 0.29) is 19.3 Å². The molecule has 1 spiro atoms. The average molecular weight is 637 g/mol. The van der Waals surface area contributed by atoms with Gasteiger partial charge in [0.15, 0.2) is 17.3 Å². The summed E-state index contributed by atoms with van der Waals surface area (Å²) in [7, 11) is 0. The molecule has 0 radical (unpaired) electrons. The highest BCUT2D eigenvalue weighted by Gasteiger charge is 2.87. The quantitative estimate of drug-likeness (QED) is 0.173. The summed E-state index contributed by atoms with van der Waals surface area (Å²) in [5, 5.41) is 0. The Bertz CT molecular complexity index is 1290. The van der Waals surface area contributed by atoms with Gasteiger partial charge in [-0.25, -0.2) is 4.79 Å². The summed E-state index contributed by atoms with van der Waals surface area (Å²) in [6.45, 7) is 13.5. The van der Waals surface area contributed by atoms with E-state index < -0.39 is 101 Å². The first-order chi connectivity index (χ1) is 20.9. The van der Waals surface area contributed by atoms with Crippen molar-refractivity contribution in [2.45, 2.75) is 136 Å². The van der Waals surface area contributed by atoms with E-state index in [1.165, 1.54) is 27.7 Å². The number of carbonyl (C=O) groups excluding carboxylic acids is 6. The highest BCUT2D eigenvalue weighted by Crippen LogP contribution is 2.66. The van der Waals surface area contributed by atoms with Gasteiger partial charge in [-0.05, 0) is 26.3 Å². The lowest BCUT2D eigenvalue weighted by atomic mass is 9.52. The molecule has 11 atom stereocenters. The Balaban J connectivity index is 2.06. The summed E-state index contributed by atoms with van der Waals surface area (Å²) in [5.41, 5.74) is -3.90. The lowest BCUT2D eigenvalue weighted by Gasteiger charge is -2.57. The van der Waals surface area contributed by atoms with Crippen LogP contribution in [0.2, 0.25) is 0 Å². The molecule has 4 rings (SSSR count). The van der Waals surface area contributed by atoms with Crippen LogP contribution in [-0.4, -0.2) is 83.6 Å². The molecule has 13 nitrogen and oxygen atoms in total. The third-order valence-corrected chi connectivity index (χ3v) is 9.74. The molecule has 0 aromatic heterocycles. The summed E-state index contributed by atoms with van der Waals surface area (Å²) in [5.74, 6) is -5.49. The van der Waals surface area contributed by atoms with Crippen molar-refractivity contribution < 1.29 is 61.9 Å². The Morgan fingerprint density at radius 3 is 1.98 bits per heavy atom. The highest BCUT2D eigenvalue weighted by molar-refractivity contribution is 5.89. The number of ether oxygens (including phenoxy) is 7. The molecule has 2 heterocycles. The summed E-state index contributed by atoms with van der Waals surface area (Å²) in [6.07, 6.45) is -4.25. The summed E-state index contributed by atoms with van der Waals surface area (Å²) >= 11 is 0. The third-order valence-electron chi connectivity index (χ3n) is 9.74. The van der Waals surface area contributed by atoms with Crippen molar-refractivity contribution >= 4 is 35.8 Å². The molecule has 2 aliphatic carbocycles. The van der Waals surface area contributed by atoms with Gasteiger partial charge in [0.2, 0.25) is 0 Å². The topological polar surface area (TPSA) is 170 Å². The third kappa shape index (κ3) is 5.95. The van der Waals surface area contributed by atoms with E-state index in [4.69, 9.17) is 33.2 Å². The molecular weight excluding hydrogens is 592 g/mol. The minimum absolute atomic E-state index is 0.000641. The van der Waals surface area contributed by atoms with Crippen molar-refractivity contribution in [3.63, 3.8) is 0 Å². The van der Waals surface area contributed by atoms with Crippen LogP contribution in [-0.2, 0) is 61.9 Å². The number of hydrogen-bond donors (Lipinski definition) is 0. The zero-order valence-electron chi connectivity index (χ0n) is 27.3. The van der Waals surface area contributed by atoms with Gasteiger partial charge in [0.1, 0.15) is 30.5 Å². The summed E-state index contributed by atoms with van der Waals surface area (Å²) in [4.78, 5) is 76.9. The summed E-state index contributed by atoms with van der Waals surface area (Å²) < 4.78 is 41.9. The standard InChI is InChI=1S/C32H44O13/c1-10-11-25(37)43-21-14-23(40-18(5)34)30(8)26(16(21)3)28(42-20(7)36)32-24(44-29(38)31(32,9)45-32)13-15(2)12-22(39-17(4)33)27(30)41-19(6)35/h13,16,21-24,26-28H,10-12,14H2,1-9H3/b15-13-/t16-,21-,22-,23-,24-,26+,27-,28-,30-,31-,32-/m0/s1. The van der Waals surface area contributed by atoms with Crippen molar-refractivity contribution in [3.05, 3.63) is 11.6 Å². The maximum atomic E-state index is 13.3. The fourth-order valence-electron chi connectivity index (χ4n) is 7.89. The molecule has 3 fully saturated rings. The normalized spacial score (nSPS) is 41.4. The van der Waals surface area contributed by atoms with Gasteiger partial charge in [-0.2, -0.15) is 0 Å². The maximum absolute atomic E-state index is 13.3. The fraction of sp³-hybridized carbons (Fsp3) is 0.750. The second kappa shape index (κ2) is 12.4. The van der Waals surface area contributed by atoms with E-state index in [1.54, 1.807) is 33.8 Å². The Labute approximate surface area is 262 Å². The van der Waals surface area contributed by atoms with Crippen LogP contribution in [0, 0.1) is 17.3 Å². The van der Waals surface area contributed by atoms with E-state index in [0.29, 0.717) is 12.0 Å². The highest BCUT2D eigenvalue weighted by atomic mass is 16.7. The number of esters is 6. The van der Waals surface area contributed by atoms with Crippen LogP contribution in [0.25, 0.3) is 0 Å². The molecule has 0 bridgehead atoms. The zero-order valence-corrected chi connectivity index (χ0v) is 27.3. The maximum Gasteiger partial charge on any atom is 0.342 e. The van der Waals surface area contributed by atoms with Crippen molar-refractivity contribution in [1.82, 2.24) is 0 Å². The lowest BCUT2D eigenvalue weighted by molar-refractivity contribution is -0.248. The van der Waals surface area contributed by atoms with Crippen molar-refractivity contribution in [3.8, 4) is 0 Å². The van der Waals surface area contributed by atoms with Crippen LogP contribution < -0.4 is 0 Å². The summed E-state index contributed by atoms with van der Waals surface area (Å²) in [6, 6.07) is 0. The van der Waals surface area contributed by atoms with Gasteiger partial charge in [0.25, 0.3) is 0 Å². The number of carbonyl (C=O) groups is 6. The van der Waals surface area contributed by atoms with E-state index >= 15 is 0 Å². The minimum Gasteiger partial charge on any atom is -0.462 e. The molecule has 0 unspecified atom stereocenters. The van der Waals surface area contributed by atoms with Gasteiger partial charge in [-0.3, -0.25) is 24.0 Å². The second-order valence-electron chi connectivity index (χ2n) is 13.0. The van der Waals surface area contributed by atoms with E-state index in [9.17, 15) is 28.8 Å². The first kappa shape index (κ1) is 34.4. The molecule has 0 N–H and O–H groups in total. The molecule has 1 saturated carbocycles. The van der Waals surface area contributed by atoms with Gasteiger partial charge in [0.05, 0.1) is 5.41 Å². The Hall–Kier alpha value is -3.48. The van der Waals surface area contributed by atoms with Crippen LogP contribution in [0.15, 0.2) is 11.6 Å². The van der Waals surface area contributed by atoms with Gasteiger partial charge in [-0.15, -0.1) is 0 Å². The molecule has 0 aromatic rings. The predicted molar refractivity (Wildman–Crippen MR) is 153 cm³/mol. The van der Waals surface area contributed by atoms with Crippen LogP contribution in [0.4, 0.5) is 0 Å². The first-order valence-corrected chi connectivity index (χ1v) is 15.4. The predicted octanol–water partition coefficient (Wildman–Crippen LogP) is 2.89. The smallest absolute Gasteiger partial charge is 0.342 e. The molecule has 13 heteroatoms. The van der Waals surface area contributed by atoms with Gasteiger partial charge >= 0.3 is 35.8 Å². The zero-order chi connectivity index (χ0) is 33.6. The van der Waals surface area contributed by atoms with Crippen LogP contribution >= 0.6 is 0 Å². The van der Waals surface area contributed by atoms with Gasteiger partial charge in [-0.1, -0.05) is 26.3 Å². The van der Waals surface area contributed by atoms with Crippen molar-refractivity contribution in [2.75, 3.05) is 0 Å². The molecule has 0 amide bonds. The van der Waals surface area contributed by atoms with E-state index in [2.05, 4.69) is 0 Å². The molecule has 2 saturated heterocycles. The van der Waals surface area contributed by atoms with Crippen molar-refractivity contribution in [1.29, 1.82) is 0 Å². The molecule has 4 aliphatic rings. The second-order valence-corrected chi connectivity index (χ2v) is 13.0. The Morgan fingerprint density at radius 1 is 0.867 bits per heavy atom. The van der Waals surface area contributed by atoms with E-state index in [1.807, 2.05) is 6.92 Å². The Kier molecular flexibility index (Phi) is 9.46. The monoisotopic (exact) mass is 636 g/mol. The molecule has 0 aromatic carbocycles. The molecule has 2 aliphatic heterocycles. The Morgan fingerprint density at radius 2 is 1.44 bits per heavy atom. The van der Waals surface area contributed by atoms with Crippen LogP contribution in [0.1, 0.15) is 88.0 Å². The lowest BCUT2D eigenvalue weighted by Crippen LogP contribution is -2.68. The largest absolute Gasteiger partial charge is 0.462 e. The number of epoxide rings is 1. The number of rotatable bonds is 7. The molecule has 45 heavy (non-hydrogen) atoms. The molecule has 250 valence electrons. The van der Waals surface area contributed by atoms with E-state index in [0.717, 1.165) is 0 Å². The molecular formula is C32H44O13. The number of hydrogen-bond acceptors (Lipinski definition) is 13. The van der Waals surface area contributed by atoms with Crippen molar-refractivity contribution in [2.24, 2.45) is 17.3 Å². The first-order valence-electron chi connectivity index (χ1n) is 15.4. The number of fused-ring (bicyclic) bond motifs is 1. The van der Waals surface area contributed by atoms with Crippen LogP contribution in [0.5, 0.6) is 0 Å². The average Bonchev–Trinajstić information content (AvgIpc) is 3.49.